The molecule has 1 aliphatic carbocycles. The van der Waals surface area contributed by atoms with E-state index in [2.05, 4.69) is 31.1 Å². The van der Waals surface area contributed by atoms with Gasteiger partial charge in [0.25, 0.3) is 0 Å². The van der Waals surface area contributed by atoms with Crippen LogP contribution in [0.3, 0.4) is 0 Å². The number of aliphatic hydroxyl groups is 1. The highest BCUT2D eigenvalue weighted by atomic mass is 16.5. The largest absolute Gasteiger partial charge is 0.394 e. The summed E-state index contributed by atoms with van der Waals surface area (Å²) in [7, 11) is 2.15. The van der Waals surface area contributed by atoms with Crippen LogP contribution in [0.25, 0.3) is 0 Å². The highest BCUT2D eigenvalue weighted by molar-refractivity contribution is 4.82. The molecule has 1 unspecified atom stereocenters. The topological polar surface area (TPSA) is 44.7 Å². The van der Waals surface area contributed by atoms with Crippen LogP contribution in [0.15, 0.2) is 0 Å². The van der Waals surface area contributed by atoms with Crippen molar-refractivity contribution in [2.45, 2.75) is 51.5 Å². The number of nitrogens with one attached hydrogen (secondary N) is 1. The molecule has 0 aromatic carbocycles. The van der Waals surface area contributed by atoms with E-state index in [-0.39, 0.29) is 12.1 Å². The van der Waals surface area contributed by atoms with Gasteiger partial charge < -0.3 is 20.1 Å². The maximum Gasteiger partial charge on any atom is 0.0610 e. The number of likely N-dealkylation sites (N-methyl/N-ethyl adjacent to an activating group) is 1. The van der Waals surface area contributed by atoms with Crippen molar-refractivity contribution in [1.82, 2.24) is 10.2 Å². The zero-order chi connectivity index (χ0) is 14.8. The van der Waals surface area contributed by atoms with Crippen LogP contribution in [0, 0.1) is 5.92 Å². The van der Waals surface area contributed by atoms with Crippen LogP contribution in [0.2, 0.25) is 0 Å². The van der Waals surface area contributed by atoms with E-state index in [4.69, 9.17) is 4.74 Å². The molecule has 0 amide bonds. The maximum absolute atomic E-state index is 9.51. The summed E-state index contributed by atoms with van der Waals surface area (Å²) in [5.74, 6) is 0.857. The van der Waals surface area contributed by atoms with Gasteiger partial charge in [0.2, 0.25) is 0 Å². The van der Waals surface area contributed by atoms with Gasteiger partial charge in [0.05, 0.1) is 13.2 Å². The van der Waals surface area contributed by atoms with Gasteiger partial charge in [-0.3, -0.25) is 0 Å². The third-order valence-electron chi connectivity index (χ3n) is 4.09. The van der Waals surface area contributed by atoms with Gasteiger partial charge in [0.15, 0.2) is 0 Å². The first-order chi connectivity index (χ1) is 9.59. The third kappa shape index (κ3) is 8.20. The van der Waals surface area contributed by atoms with Crippen LogP contribution in [0.4, 0.5) is 0 Å². The van der Waals surface area contributed by atoms with Crippen molar-refractivity contribution in [1.29, 1.82) is 0 Å². The Morgan fingerprint density at radius 2 is 2.10 bits per heavy atom. The van der Waals surface area contributed by atoms with E-state index in [1.807, 2.05) is 0 Å². The Morgan fingerprint density at radius 3 is 2.70 bits per heavy atom. The van der Waals surface area contributed by atoms with E-state index in [1.54, 1.807) is 0 Å². The zero-order valence-electron chi connectivity index (χ0n) is 13.7. The molecular weight excluding hydrogens is 252 g/mol. The number of aliphatic hydroxyl groups excluding tert-OH is 1. The molecule has 20 heavy (non-hydrogen) atoms. The minimum atomic E-state index is -0.126. The summed E-state index contributed by atoms with van der Waals surface area (Å²) in [6.07, 6.45) is 5.94. The van der Waals surface area contributed by atoms with Crippen molar-refractivity contribution in [3.8, 4) is 0 Å². The van der Waals surface area contributed by atoms with E-state index in [0.29, 0.717) is 0 Å². The highest BCUT2D eigenvalue weighted by Gasteiger charge is 2.22. The standard InChI is InChI=1S/C16H34N2O2/c1-4-9-17-16(2,14-19)8-5-10-18(3)11-12-20-13-15-6-7-15/h15,17,19H,4-14H2,1-3H3. The zero-order valence-corrected chi connectivity index (χ0v) is 13.7. The van der Waals surface area contributed by atoms with E-state index >= 15 is 0 Å². The summed E-state index contributed by atoms with van der Waals surface area (Å²) in [6.45, 7) is 9.32. The molecule has 0 spiro atoms. The van der Waals surface area contributed by atoms with Gasteiger partial charge in [-0.15, -0.1) is 0 Å². The predicted octanol–water partition coefficient (Wildman–Crippen LogP) is 1.88. The highest BCUT2D eigenvalue weighted by Crippen LogP contribution is 2.28. The Labute approximate surface area is 124 Å². The SMILES string of the molecule is CCCNC(C)(CO)CCCN(C)CCOCC1CC1. The van der Waals surface area contributed by atoms with Crippen molar-refractivity contribution in [2.24, 2.45) is 5.92 Å². The lowest BCUT2D eigenvalue weighted by molar-refractivity contribution is 0.101. The Balaban J connectivity index is 2.01. The van der Waals surface area contributed by atoms with Crippen LogP contribution in [-0.2, 0) is 4.74 Å². The second-order valence-electron chi connectivity index (χ2n) is 6.57. The molecular formula is C16H34N2O2. The molecule has 0 radical (unpaired) electrons. The molecule has 0 heterocycles. The summed E-state index contributed by atoms with van der Waals surface area (Å²) < 4.78 is 5.66. The Hall–Kier alpha value is -0.160. The van der Waals surface area contributed by atoms with Gasteiger partial charge in [0, 0.05) is 18.7 Å². The monoisotopic (exact) mass is 286 g/mol. The van der Waals surface area contributed by atoms with Gasteiger partial charge in [-0.05, 0) is 65.1 Å². The molecule has 2 N–H and O–H groups in total. The van der Waals surface area contributed by atoms with Gasteiger partial charge in [-0.2, -0.15) is 0 Å². The molecule has 120 valence electrons. The molecule has 0 aromatic rings. The minimum Gasteiger partial charge on any atom is -0.394 e. The van der Waals surface area contributed by atoms with E-state index in [1.165, 1.54) is 12.8 Å². The summed E-state index contributed by atoms with van der Waals surface area (Å²) in [5, 5.41) is 13.0. The Kier molecular flexibility index (Phi) is 8.69. The number of rotatable bonds is 13. The van der Waals surface area contributed by atoms with Crippen LogP contribution >= 0.6 is 0 Å². The van der Waals surface area contributed by atoms with Crippen molar-refractivity contribution in [3.63, 3.8) is 0 Å². The smallest absolute Gasteiger partial charge is 0.0610 e. The van der Waals surface area contributed by atoms with Crippen LogP contribution in [0.5, 0.6) is 0 Å². The van der Waals surface area contributed by atoms with Gasteiger partial charge in [-0.25, -0.2) is 0 Å². The van der Waals surface area contributed by atoms with Crippen molar-refractivity contribution < 1.29 is 9.84 Å². The molecule has 4 heteroatoms. The Morgan fingerprint density at radius 1 is 1.35 bits per heavy atom. The first-order valence-corrected chi connectivity index (χ1v) is 8.22. The van der Waals surface area contributed by atoms with Crippen molar-refractivity contribution >= 4 is 0 Å². The molecule has 1 atom stereocenters. The fraction of sp³-hybridized carbons (Fsp3) is 1.00. The quantitative estimate of drug-likeness (QED) is 0.507. The lowest BCUT2D eigenvalue weighted by Gasteiger charge is -2.29. The summed E-state index contributed by atoms with van der Waals surface area (Å²) in [5.41, 5.74) is -0.126. The van der Waals surface area contributed by atoms with E-state index in [9.17, 15) is 5.11 Å². The van der Waals surface area contributed by atoms with Crippen molar-refractivity contribution in [2.75, 3.05) is 46.5 Å². The minimum absolute atomic E-state index is 0.126. The lowest BCUT2D eigenvalue weighted by atomic mass is 9.96. The van der Waals surface area contributed by atoms with Crippen LogP contribution < -0.4 is 5.32 Å². The molecule has 1 fully saturated rings. The van der Waals surface area contributed by atoms with Gasteiger partial charge in [-0.1, -0.05) is 6.92 Å². The molecule has 1 saturated carbocycles. The summed E-state index contributed by atoms with van der Waals surface area (Å²) >= 11 is 0. The molecule has 0 saturated heterocycles. The number of nitrogens with zero attached hydrogens (tertiary/aromatic N) is 1. The van der Waals surface area contributed by atoms with Gasteiger partial charge >= 0.3 is 0 Å². The van der Waals surface area contributed by atoms with Crippen molar-refractivity contribution in [3.05, 3.63) is 0 Å². The van der Waals surface area contributed by atoms with Crippen LogP contribution in [-0.4, -0.2) is 62.0 Å². The first-order valence-electron chi connectivity index (χ1n) is 8.22. The summed E-state index contributed by atoms with van der Waals surface area (Å²) in [4.78, 5) is 2.32. The number of ether oxygens (including phenoxy) is 1. The average Bonchev–Trinajstić information content (AvgIpc) is 3.25. The molecule has 1 aliphatic rings. The molecule has 1 rings (SSSR count). The predicted molar refractivity (Wildman–Crippen MR) is 84.1 cm³/mol. The van der Waals surface area contributed by atoms with E-state index in [0.717, 1.165) is 58.0 Å². The molecule has 0 aromatic heterocycles. The lowest BCUT2D eigenvalue weighted by Crippen LogP contribution is -2.46. The maximum atomic E-state index is 9.51. The van der Waals surface area contributed by atoms with Crippen LogP contribution in [0.1, 0.15) is 46.0 Å². The fourth-order valence-corrected chi connectivity index (χ4v) is 2.26. The number of hydrogen-bond donors (Lipinski definition) is 2. The molecule has 0 aliphatic heterocycles. The fourth-order valence-electron chi connectivity index (χ4n) is 2.26. The van der Waals surface area contributed by atoms with Gasteiger partial charge in [0.1, 0.15) is 0 Å². The third-order valence-corrected chi connectivity index (χ3v) is 4.09. The number of hydrogen-bond acceptors (Lipinski definition) is 4. The normalized spacial score (nSPS) is 18.4. The molecule has 4 nitrogen and oxygen atoms in total. The molecule has 0 bridgehead atoms. The Bertz CT molecular complexity index is 247. The second-order valence-corrected chi connectivity index (χ2v) is 6.57. The average molecular weight is 286 g/mol. The first kappa shape index (κ1) is 17.9. The summed E-state index contributed by atoms with van der Waals surface area (Å²) in [6, 6.07) is 0. The van der Waals surface area contributed by atoms with E-state index < -0.39 is 0 Å². The second kappa shape index (κ2) is 9.72.